The molecule has 1 aliphatic rings. The summed E-state index contributed by atoms with van der Waals surface area (Å²) in [6.45, 7) is 2.49. The normalized spacial score (nSPS) is 18.8. The first-order chi connectivity index (χ1) is 8.99. The zero-order valence-electron chi connectivity index (χ0n) is 11.3. The third kappa shape index (κ3) is 6.40. The van der Waals surface area contributed by atoms with E-state index in [2.05, 4.69) is 22.6 Å². The molecule has 110 valence electrons. The van der Waals surface area contributed by atoms with Crippen LogP contribution in [0.3, 0.4) is 0 Å². The Labute approximate surface area is 113 Å². The monoisotopic (exact) mass is 273 g/mol. The van der Waals surface area contributed by atoms with Gasteiger partial charge in [0.25, 0.3) is 0 Å². The molecule has 19 heavy (non-hydrogen) atoms. The van der Waals surface area contributed by atoms with Crippen LogP contribution in [0.2, 0.25) is 0 Å². The largest absolute Gasteiger partial charge is 0.479 e. The van der Waals surface area contributed by atoms with E-state index in [1.54, 1.807) is 0 Å². The summed E-state index contributed by atoms with van der Waals surface area (Å²) in [4.78, 5) is 24.0. The molecular formula is C12H23N3O4. The first kappa shape index (κ1) is 15.7. The summed E-state index contributed by atoms with van der Waals surface area (Å²) in [6.07, 6.45) is 1.68. The molecule has 1 fully saturated rings. The number of nitrogens with zero attached hydrogens (tertiary/aromatic N) is 1. The van der Waals surface area contributed by atoms with Gasteiger partial charge in [0.05, 0.1) is 6.54 Å². The quantitative estimate of drug-likeness (QED) is 0.521. The van der Waals surface area contributed by atoms with Gasteiger partial charge in [-0.3, -0.25) is 0 Å². The van der Waals surface area contributed by atoms with Crippen molar-refractivity contribution in [1.29, 1.82) is 0 Å². The van der Waals surface area contributed by atoms with E-state index in [1.807, 2.05) is 0 Å². The van der Waals surface area contributed by atoms with Gasteiger partial charge in [-0.15, -0.1) is 0 Å². The van der Waals surface area contributed by atoms with Crippen LogP contribution in [0, 0.1) is 5.92 Å². The lowest BCUT2D eigenvalue weighted by Crippen LogP contribution is -2.42. The second-order valence-corrected chi connectivity index (χ2v) is 5.03. The Balaban J connectivity index is 2.05. The van der Waals surface area contributed by atoms with E-state index in [9.17, 15) is 9.59 Å². The lowest BCUT2D eigenvalue weighted by molar-refractivity contribution is -0.146. The van der Waals surface area contributed by atoms with Crippen LogP contribution >= 0.6 is 0 Å². The van der Waals surface area contributed by atoms with Crippen LogP contribution in [-0.2, 0) is 4.79 Å². The van der Waals surface area contributed by atoms with Gasteiger partial charge in [0, 0.05) is 6.54 Å². The standard InChI is InChI=1S/C12H23N3O4/c1-15-6-3-9(4-7-15)2-5-13-12(19)14-8-10(16)11(17)18/h9-10,16H,2-8H2,1H3,(H,17,18)(H2,13,14,19)/t10-/m0/s1. The Morgan fingerprint density at radius 2 is 1.95 bits per heavy atom. The number of piperidine rings is 1. The number of aliphatic carboxylic acids is 1. The van der Waals surface area contributed by atoms with Crippen molar-refractivity contribution in [3.63, 3.8) is 0 Å². The molecule has 0 aliphatic carbocycles. The minimum atomic E-state index is -1.56. The first-order valence-corrected chi connectivity index (χ1v) is 6.60. The van der Waals surface area contributed by atoms with E-state index in [-0.39, 0.29) is 6.54 Å². The van der Waals surface area contributed by atoms with Gasteiger partial charge in [0.2, 0.25) is 0 Å². The minimum Gasteiger partial charge on any atom is -0.479 e. The smallest absolute Gasteiger partial charge is 0.334 e. The van der Waals surface area contributed by atoms with E-state index >= 15 is 0 Å². The van der Waals surface area contributed by atoms with Gasteiger partial charge in [-0.05, 0) is 45.3 Å². The highest BCUT2D eigenvalue weighted by Gasteiger charge is 2.17. The maximum absolute atomic E-state index is 11.3. The summed E-state index contributed by atoms with van der Waals surface area (Å²) in [5, 5.41) is 22.4. The number of nitrogens with one attached hydrogen (secondary N) is 2. The molecule has 4 N–H and O–H groups in total. The molecular weight excluding hydrogens is 250 g/mol. The summed E-state index contributed by atoms with van der Waals surface area (Å²) >= 11 is 0. The van der Waals surface area contributed by atoms with Crippen molar-refractivity contribution in [3.05, 3.63) is 0 Å². The molecule has 1 heterocycles. The molecule has 0 unspecified atom stereocenters. The van der Waals surface area contributed by atoms with Crippen molar-refractivity contribution >= 4 is 12.0 Å². The third-order valence-corrected chi connectivity index (χ3v) is 3.42. The number of rotatable bonds is 6. The number of carboxylic acid groups (broad SMARTS) is 1. The third-order valence-electron chi connectivity index (χ3n) is 3.42. The highest BCUT2D eigenvalue weighted by Crippen LogP contribution is 2.18. The number of carbonyl (C=O) groups is 2. The SMILES string of the molecule is CN1CCC(CCNC(=O)NC[C@H](O)C(=O)O)CC1. The zero-order valence-corrected chi connectivity index (χ0v) is 11.3. The number of likely N-dealkylation sites (tertiary alicyclic amines) is 1. The van der Waals surface area contributed by atoms with Crippen molar-refractivity contribution in [1.82, 2.24) is 15.5 Å². The Hall–Kier alpha value is -1.34. The van der Waals surface area contributed by atoms with Crippen molar-refractivity contribution in [2.24, 2.45) is 5.92 Å². The number of carbonyl (C=O) groups excluding carboxylic acids is 1. The Kier molecular flexibility index (Phi) is 6.58. The molecule has 2 amide bonds. The molecule has 0 aromatic heterocycles. The highest BCUT2D eigenvalue weighted by molar-refractivity contribution is 5.76. The Morgan fingerprint density at radius 3 is 2.53 bits per heavy atom. The van der Waals surface area contributed by atoms with Gasteiger partial charge in [-0.25, -0.2) is 9.59 Å². The minimum absolute atomic E-state index is 0.282. The maximum atomic E-state index is 11.3. The molecule has 1 rings (SSSR count). The van der Waals surface area contributed by atoms with Crippen LogP contribution in [0.1, 0.15) is 19.3 Å². The second-order valence-electron chi connectivity index (χ2n) is 5.03. The summed E-state index contributed by atoms with van der Waals surface area (Å²) in [7, 11) is 2.11. The van der Waals surface area contributed by atoms with Gasteiger partial charge in [0.15, 0.2) is 6.10 Å². The second kappa shape index (κ2) is 7.96. The van der Waals surface area contributed by atoms with Crippen molar-refractivity contribution in [3.8, 4) is 0 Å². The molecule has 0 spiro atoms. The number of aliphatic hydroxyl groups is 1. The molecule has 1 atom stereocenters. The highest BCUT2D eigenvalue weighted by atomic mass is 16.4. The fourth-order valence-electron chi connectivity index (χ4n) is 2.08. The van der Waals surface area contributed by atoms with E-state index in [0.29, 0.717) is 12.5 Å². The summed E-state index contributed by atoms with van der Waals surface area (Å²) in [5.41, 5.74) is 0. The van der Waals surface area contributed by atoms with Gasteiger partial charge in [-0.1, -0.05) is 0 Å². The average molecular weight is 273 g/mol. The fraction of sp³-hybridized carbons (Fsp3) is 0.833. The van der Waals surface area contributed by atoms with Crippen LogP contribution in [-0.4, -0.2) is 66.4 Å². The van der Waals surface area contributed by atoms with E-state index in [4.69, 9.17) is 10.2 Å². The molecule has 0 radical (unpaired) electrons. The molecule has 0 saturated carbocycles. The lowest BCUT2D eigenvalue weighted by atomic mass is 9.94. The number of hydrogen-bond donors (Lipinski definition) is 4. The maximum Gasteiger partial charge on any atom is 0.334 e. The molecule has 7 nitrogen and oxygen atoms in total. The molecule has 0 aromatic carbocycles. The topological polar surface area (TPSA) is 102 Å². The first-order valence-electron chi connectivity index (χ1n) is 6.60. The number of carboxylic acids is 1. The van der Waals surface area contributed by atoms with E-state index in [1.165, 1.54) is 0 Å². The van der Waals surface area contributed by atoms with E-state index < -0.39 is 18.1 Å². The van der Waals surface area contributed by atoms with Gasteiger partial charge >= 0.3 is 12.0 Å². The van der Waals surface area contributed by atoms with Crippen molar-refractivity contribution in [2.75, 3.05) is 33.2 Å². The molecule has 1 aliphatic heterocycles. The average Bonchev–Trinajstić information content (AvgIpc) is 2.38. The van der Waals surface area contributed by atoms with Crippen LogP contribution in [0.15, 0.2) is 0 Å². The van der Waals surface area contributed by atoms with Crippen molar-refractivity contribution in [2.45, 2.75) is 25.4 Å². The van der Waals surface area contributed by atoms with Crippen LogP contribution in [0.4, 0.5) is 4.79 Å². The fourth-order valence-corrected chi connectivity index (χ4v) is 2.08. The molecule has 0 aromatic rings. The molecule has 0 bridgehead atoms. The zero-order chi connectivity index (χ0) is 14.3. The Morgan fingerprint density at radius 1 is 1.32 bits per heavy atom. The van der Waals surface area contributed by atoms with Gasteiger partial charge in [-0.2, -0.15) is 0 Å². The van der Waals surface area contributed by atoms with Crippen LogP contribution in [0.5, 0.6) is 0 Å². The predicted molar refractivity (Wildman–Crippen MR) is 69.9 cm³/mol. The van der Waals surface area contributed by atoms with Crippen LogP contribution in [0.25, 0.3) is 0 Å². The van der Waals surface area contributed by atoms with E-state index in [0.717, 1.165) is 32.4 Å². The van der Waals surface area contributed by atoms with Crippen LogP contribution < -0.4 is 10.6 Å². The molecule has 1 saturated heterocycles. The summed E-state index contributed by atoms with van der Waals surface area (Å²) in [6, 6.07) is -0.437. The lowest BCUT2D eigenvalue weighted by Gasteiger charge is -2.28. The number of hydrogen-bond acceptors (Lipinski definition) is 4. The molecule has 7 heteroatoms. The Bertz CT molecular complexity index is 303. The number of aliphatic hydroxyl groups excluding tert-OH is 1. The predicted octanol–water partition coefficient (Wildman–Crippen LogP) is -0.537. The summed E-state index contributed by atoms with van der Waals surface area (Å²) < 4.78 is 0. The van der Waals surface area contributed by atoms with Gasteiger partial charge < -0.3 is 25.7 Å². The van der Waals surface area contributed by atoms with Gasteiger partial charge in [0.1, 0.15) is 0 Å². The summed E-state index contributed by atoms with van der Waals surface area (Å²) in [5.74, 6) is -0.701. The van der Waals surface area contributed by atoms with Crippen molar-refractivity contribution < 1.29 is 19.8 Å². The number of urea groups is 1. The number of amides is 2.